The van der Waals surface area contributed by atoms with Crippen molar-refractivity contribution in [2.45, 2.75) is 96.8 Å². The van der Waals surface area contributed by atoms with Gasteiger partial charge in [-0.2, -0.15) is 0 Å². The topological polar surface area (TPSA) is 122 Å². The molecule has 1 aromatic rings. The van der Waals surface area contributed by atoms with E-state index in [1.807, 2.05) is 6.92 Å². The van der Waals surface area contributed by atoms with Gasteiger partial charge in [-0.3, -0.25) is 9.59 Å². The zero-order valence-corrected chi connectivity index (χ0v) is 23.0. The van der Waals surface area contributed by atoms with Crippen molar-refractivity contribution in [3.05, 3.63) is 18.0 Å². The van der Waals surface area contributed by atoms with E-state index in [9.17, 15) is 14.4 Å². The standard InChI is InChI=1S/C28H42N2O8/c1-5-15-35-25-18(2)38-28(33)22(12-8-11-21(25)16-20-9-6-7-10-20)30-27(32)24-26(37-17-36-19(3)31)23(34-4)13-14-29-24/h13-14,18,20-22,25H,5-12,15-17H2,1-4H3,(H,30,32)/t18-,21+,22-,25-/m0/s1. The van der Waals surface area contributed by atoms with E-state index in [0.29, 0.717) is 24.9 Å². The molecule has 1 aliphatic carbocycles. The molecule has 3 rings (SSSR count). The van der Waals surface area contributed by atoms with E-state index in [4.69, 9.17) is 23.7 Å². The van der Waals surface area contributed by atoms with Gasteiger partial charge in [0.15, 0.2) is 17.2 Å². The lowest BCUT2D eigenvalue weighted by Gasteiger charge is -2.32. The maximum absolute atomic E-state index is 13.3. The molecule has 0 bridgehead atoms. The van der Waals surface area contributed by atoms with Crippen molar-refractivity contribution in [2.75, 3.05) is 20.5 Å². The third kappa shape index (κ3) is 8.31. The summed E-state index contributed by atoms with van der Waals surface area (Å²) in [5.41, 5.74) is -0.0829. The summed E-state index contributed by atoms with van der Waals surface area (Å²) in [6, 6.07) is 0.674. The lowest BCUT2D eigenvalue weighted by Crippen LogP contribution is -2.44. The molecular formula is C28H42N2O8. The first-order chi connectivity index (χ1) is 18.3. The van der Waals surface area contributed by atoms with Gasteiger partial charge in [0.2, 0.25) is 6.79 Å². The van der Waals surface area contributed by atoms with Crippen LogP contribution in [0.15, 0.2) is 12.3 Å². The fourth-order valence-corrected chi connectivity index (χ4v) is 5.46. The van der Waals surface area contributed by atoms with Gasteiger partial charge in [0.1, 0.15) is 12.1 Å². The highest BCUT2D eigenvalue weighted by atomic mass is 16.7. The number of amides is 1. The molecule has 1 N–H and O–H groups in total. The fraction of sp³-hybridized carbons (Fsp3) is 0.714. The average molecular weight is 535 g/mol. The average Bonchev–Trinajstić information content (AvgIpc) is 3.41. The number of carbonyl (C=O) groups is 3. The summed E-state index contributed by atoms with van der Waals surface area (Å²) in [6.07, 6.45) is 9.90. The van der Waals surface area contributed by atoms with Gasteiger partial charge in [-0.05, 0) is 44.4 Å². The van der Waals surface area contributed by atoms with Gasteiger partial charge in [-0.1, -0.05) is 39.0 Å². The summed E-state index contributed by atoms with van der Waals surface area (Å²) >= 11 is 0. The second-order valence-corrected chi connectivity index (χ2v) is 10.2. The van der Waals surface area contributed by atoms with Crippen LogP contribution in [0.3, 0.4) is 0 Å². The van der Waals surface area contributed by atoms with Gasteiger partial charge in [0.05, 0.1) is 13.2 Å². The van der Waals surface area contributed by atoms with E-state index in [-0.39, 0.29) is 23.3 Å². The second kappa shape index (κ2) is 14.9. The van der Waals surface area contributed by atoms with E-state index in [2.05, 4.69) is 17.2 Å². The number of nitrogens with one attached hydrogen (secondary N) is 1. The van der Waals surface area contributed by atoms with E-state index in [0.717, 1.165) is 25.7 Å². The molecule has 2 heterocycles. The van der Waals surface area contributed by atoms with Crippen LogP contribution >= 0.6 is 0 Å². The van der Waals surface area contributed by atoms with Crippen molar-refractivity contribution in [3.63, 3.8) is 0 Å². The summed E-state index contributed by atoms with van der Waals surface area (Å²) in [5, 5.41) is 2.78. The summed E-state index contributed by atoms with van der Waals surface area (Å²) in [4.78, 5) is 41.7. The minimum absolute atomic E-state index is 0.0169. The molecular weight excluding hydrogens is 492 g/mol. The predicted octanol–water partition coefficient (Wildman–Crippen LogP) is 4.20. The largest absolute Gasteiger partial charge is 0.493 e. The third-order valence-corrected chi connectivity index (χ3v) is 7.28. The van der Waals surface area contributed by atoms with Crippen molar-refractivity contribution in [1.29, 1.82) is 0 Å². The first-order valence-corrected chi connectivity index (χ1v) is 13.8. The Morgan fingerprint density at radius 2 is 1.92 bits per heavy atom. The molecule has 2 aliphatic rings. The normalized spacial score (nSPS) is 24.5. The first-order valence-electron chi connectivity index (χ1n) is 13.8. The van der Waals surface area contributed by atoms with E-state index >= 15 is 0 Å². The summed E-state index contributed by atoms with van der Waals surface area (Å²) in [6.45, 7) is 5.40. The van der Waals surface area contributed by atoms with Crippen LogP contribution in [0, 0.1) is 11.8 Å². The number of nitrogens with zero attached hydrogens (tertiary/aromatic N) is 1. The van der Waals surface area contributed by atoms with E-state index in [1.54, 1.807) is 0 Å². The first kappa shape index (κ1) is 29.7. The highest BCUT2D eigenvalue weighted by Crippen LogP contribution is 2.36. The van der Waals surface area contributed by atoms with Gasteiger partial charge in [-0.25, -0.2) is 9.78 Å². The van der Waals surface area contributed by atoms with Crippen molar-refractivity contribution in [1.82, 2.24) is 10.3 Å². The Hall–Kier alpha value is -2.88. The van der Waals surface area contributed by atoms with Gasteiger partial charge in [-0.15, -0.1) is 0 Å². The predicted molar refractivity (Wildman–Crippen MR) is 139 cm³/mol. The van der Waals surface area contributed by atoms with Crippen LogP contribution < -0.4 is 14.8 Å². The van der Waals surface area contributed by atoms with Crippen LogP contribution in [0.25, 0.3) is 0 Å². The summed E-state index contributed by atoms with van der Waals surface area (Å²) in [7, 11) is 1.42. The quantitative estimate of drug-likeness (QED) is 0.329. The molecule has 4 atom stereocenters. The molecule has 10 nitrogen and oxygen atoms in total. The molecule has 0 spiro atoms. The fourth-order valence-electron chi connectivity index (χ4n) is 5.46. The lowest BCUT2D eigenvalue weighted by atomic mass is 9.83. The number of pyridine rings is 1. The highest BCUT2D eigenvalue weighted by Gasteiger charge is 2.36. The monoisotopic (exact) mass is 534 g/mol. The van der Waals surface area contributed by atoms with Crippen molar-refractivity contribution < 1.29 is 38.1 Å². The number of ether oxygens (including phenoxy) is 5. The maximum atomic E-state index is 13.3. The molecule has 1 aromatic heterocycles. The number of esters is 2. The maximum Gasteiger partial charge on any atom is 0.329 e. The number of methoxy groups -OCH3 is 1. The van der Waals surface area contributed by atoms with Crippen LogP contribution in [0.1, 0.15) is 89.0 Å². The number of rotatable bonds is 11. The molecule has 1 saturated heterocycles. The number of hydrogen-bond donors (Lipinski definition) is 1. The minimum Gasteiger partial charge on any atom is -0.493 e. The Morgan fingerprint density at radius 1 is 1.16 bits per heavy atom. The molecule has 0 aromatic carbocycles. The molecule has 10 heteroatoms. The van der Waals surface area contributed by atoms with E-state index in [1.165, 1.54) is 52.0 Å². The molecule has 1 saturated carbocycles. The molecule has 38 heavy (non-hydrogen) atoms. The third-order valence-electron chi connectivity index (χ3n) is 7.28. The second-order valence-electron chi connectivity index (χ2n) is 10.2. The SMILES string of the molecule is CCCO[C@@H]1[C@@H](CC2CCCC2)CCC[C@H](NC(=O)c2nccc(OC)c2OCOC(C)=O)C(=O)O[C@H]1C. The Bertz CT molecular complexity index is 933. The summed E-state index contributed by atoms with van der Waals surface area (Å²) in [5.74, 6) is -0.398. The lowest BCUT2D eigenvalue weighted by molar-refractivity contribution is -0.161. The number of carbonyl (C=O) groups excluding carboxylic acids is 3. The zero-order valence-electron chi connectivity index (χ0n) is 23.0. The number of hydrogen-bond acceptors (Lipinski definition) is 9. The van der Waals surface area contributed by atoms with Crippen molar-refractivity contribution >= 4 is 17.8 Å². The minimum atomic E-state index is -0.851. The van der Waals surface area contributed by atoms with E-state index < -0.39 is 36.8 Å². The van der Waals surface area contributed by atoms with Gasteiger partial charge in [0.25, 0.3) is 5.91 Å². The van der Waals surface area contributed by atoms with Gasteiger partial charge in [0, 0.05) is 25.8 Å². The van der Waals surface area contributed by atoms with Crippen LogP contribution in [-0.4, -0.2) is 61.6 Å². The van der Waals surface area contributed by atoms with Crippen LogP contribution in [0.2, 0.25) is 0 Å². The Morgan fingerprint density at radius 3 is 2.61 bits per heavy atom. The van der Waals surface area contributed by atoms with Crippen LogP contribution in [-0.2, 0) is 23.8 Å². The summed E-state index contributed by atoms with van der Waals surface area (Å²) < 4.78 is 27.7. The van der Waals surface area contributed by atoms with Crippen molar-refractivity contribution in [2.24, 2.45) is 11.8 Å². The Kier molecular flexibility index (Phi) is 11.6. The Labute approximate surface area is 225 Å². The number of cyclic esters (lactones) is 1. The zero-order chi connectivity index (χ0) is 27.5. The molecule has 0 unspecified atom stereocenters. The molecule has 2 fully saturated rings. The van der Waals surface area contributed by atoms with Crippen LogP contribution in [0.4, 0.5) is 0 Å². The molecule has 212 valence electrons. The number of aromatic nitrogens is 1. The van der Waals surface area contributed by atoms with Gasteiger partial charge < -0.3 is 29.0 Å². The Balaban J connectivity index is 1.74. The molecule has 1 aliphatic heterocycles. The van der Waals surface area contributed by atoms with Gasteiger partial charge >= 0.3 is 11.9 Å². The smallest absolute Gasteiger partial charge is 0.329 e. The molecule has 1 amide bonds. The highest BCUT2D eigenvalue weighted by molar-refractivity contribution is 5.98. The van der Waals surface area contributed by atoms with Crippen LogP contribution in [0.5, 0.6) is 11.5 Å². The van der Waals surface area contributed by atoms with Crippen molar-refractivity contribution in [3.8, 4) is 11.5 Å². The molecule has 0 radical (unpaired) electrons.